The van der Waals surface area contributed by atoms with E-state index in [0.717, 1.165) is 35.4 Å². The minimum atomic E-state index is -0.389. The smallest absolute Gasteiger partial charge is 0.169 e. The number of halogens is 1. The highest BCUT2D eigenvalue weighted by Gasteiger charge is 2.47. The molecule has 1 aliphatic heterocycles. The predicted octanol–water partition coefficient (Wildman–Crippen LogP) is 5.02. The Kier molecular flexibility index (Phi) is 3.89. The van der Waals surface area contributed by atoms with E-state index in [9.17, 15) is 9.59 Å². The van der Waals surface area contributed by atoms with Crippen molar-refractivity contribution in [3.63, 3.8) is 0 Å². The molecule has 0 fully saturated rings. The molecule has 1 aromatic rings. The number of rotatable bonds is 1. The van der Waals surface area contributed by atoms with Crippen molar-refractivity contribution in [2.75, 3.05) is 0 Å². The van der Waals surface area contributed by atoms with Crippen LogP contribution in [0.3, 0.4) is 0 Å². The van der Waals surface area contributed by atoms with Crippen LogP contribution in [0, 0.1) is 10.8 Å². The van der Waals surface area contributed by atoms with Gasteiger partial charge < -0.3 is 9.73 Å². The van der Waals surface area contributed by atoms with Gasteiger partial charge in [-0.1, -0.05) is 27.7 Å². The minimum absolute atomic E-state index is 0.0799. The van der Waals surface area contributed by atoms with Crippen LogP contribution in [0.4, 0.5) is 0 Å². The van der Waals surface area contributed by atoms with E-state index >= 15 is 0 Å². The third-order valence-electron chi connectivity index (χ3n) is 5.60. The third kappa shape index (κ3) is 2.90. The quantitative estimate of drug-likeness (QED) is 0.696. The van der Waals surface area contributed by atoms with E-state index in [1.54, 1.807) is 0 Å². The highest BCUT2D eigenvalue weighted by Crippen LogP contribution is 2.51. The van der Waals surface area contributed by atoms with Crippen LogP contribution in [0.5, 0.6) is 0 Å². The zero-order valence-corrected chi connectivity index (χ0v) is 17.2. The normalized spacial score (nSPS) is 25.1. The maximum atomic E-state index is 13.1. The highest BCUT2D eigenvalue weighted by molar-refractivity contribution is 9.10. The fourth-order valence-corrected chi connectivity index (χ4v) is 4.98. The Hall–Kier alpha value is -1.62. The summed E-state index contributed by atoms with van der Waals surface area (Å²) in [6, 6.07) is 3.70. The summed E-state index contributed by atoms with van der Waals surface area (Å²) in [5, 5.41) is 3.50. The molecule has 138 valence electrons. The van der Waals surface area contributed by atoms with Gasteiger partial charge in [0.25, 0.3) is 0 Å². The summed E-state index contributed by atoms with van der Waals surface area (Å²) in [6.07, 6.45) is 2.60. The maximum Gasteiger partial charge on any atom is 0.169 e. The molecule has 0 aromatic carbocycles. The van der Waals surface area contributed by atoms with Crippen molar-refractivity contribution in [3.05, 3.63) is 45.1 Å². The summed E-state index contributed by atoms with van der Waals surface area (Å²) in [7, 11) is 0. The van der Waals surface area contributed by atoms with Gasteiger partial charge in [0, 0.05) is 35.4 Å². The average Bonchev–Trinajstić information content (AvgIpc) is 2.88. The van der Waals surface area contributed by atoms with Crippen LogP contribution in [-0.4, -0.2) is 11.6 Å². The van der Waals surface area contributed by atoms with E-state index in [1.807, 2.05) is 12.1 Å². The fraction of sp³-hybridized carbons (Fsp3) is 0.524. The molecule has 2 aliphatic carbocycles. The summed E-state index contributed by atoms with van der Waals surface area (Å²) < 4.78 is 6.45. The van der Waals surface area contributed by atoms with Crippen LogP contribution in [0.1, 0.15) is 65.1 Å². The molecule has 4 rings (SSSR count). The Labute approximate surface area is 162 Å². The summed E-state index contributed by atoms with van der Waals surface area (Å²) in [6.45, 7) is 8.48. The minimum Gasteiger partial charge on any atom is -0.453 e. The van der Waals surface area contributed by atoms with Crippen LogP contribution in [0.25, 0.3) is 0 Å². The number of furan rings is 1. The molecule has 26 heavy (non-hydrogen) atoms. The zero-order chi connectivity index (χ0) is 18.9. The van der Waals surface area contributed by atoms with Gasteiger partial charge in [0.15, 0.2) is 16.2 Å². The molecule has 1 N–H and O–H groups in total. The van der Waals surface area contributed by atoms with Crippen LogP contribution in [0.2, 0.25) is 0 Å². The molecular weight excluding hydrogens is 394 g/mol. The van der Waals surface area contributed by atoms with Crippen LogP contribution >= 0.6 is 15.9 Å². The molecule has 0 saturated heterocycles. The number of ketones is 2. The third-order valence-corrected chi connectivity index (χ3v) is 6.02. The second-order valence-electron chi connectivity index (χ2n) is 9.37. The Morgan fingerprint density at radius 3 is 1.85 bits per heavy atom. The molecule has 0 amide bonds. The summed E-state index contributed by atoms with van der Waals surface area (Å²) in [5.74, 6) is 0.509. The molecule has 0 bridgehead atoms. The Morgan fingerprint density at radius 1 is 0.923 bits per heavy atom. The van der Waals surface area contributed by atoms with Crippen molar-refractivity contribution < 1.29 is 14.0 Å². The molecule has 5 heteroatoms. The number of dihydropyridines is 1. The molecule has 0 spiro atoms. The lowest BCUT2D eigenvalue weighted by Gasteiger charge is -2.43. The van der Waals surface area contributed by atoms with Crippen molar-refractivity contribution in [2.45, 2.75) is 59.3 Å². The molecule has 0 radical (unpaired) electrons. The monoisotopic (exact) mass is 417 g/mol. The lowest BCUT2D eigenvalue weighted by molar-refractivity contribution is -0.119. The molecule has 2 heterocycles. The van der Waals surface area contributed by atoms with E-state index in [2.05, 4.69) is 48.9 Å². The topological polar surface area (TPSA) is 59.3 Å². The van der Waals surface area contributed by atoms with Crippen molar-refractivity contribution in [1.82, 2.24) is 5.32 Å². The van der Waals surface area contributed by atoms with Crippen molar-refractivity contribution in [1.29, 1.82) is 0 Å². The summed E-state index contributed by atoms with van der Waals surface area (Å²) in [4.78, 5) is 26.1. The van der Waals surface area contributed by atoms with Gasteiger partial charge in [-0.25, -0.2) is 0 Å². The number of hydrogen-bond donors (Lipinski definition) is 1. The van der Waals surface area contributed by atoms with E-state index in [4.69, 9.17) is 4.42 Å². The SMILES string of the molecule is CC1(C)CC(=O)C2=C(C1)NC1=C(C(=O)CC(C)(C)C1)C2c1ccc(Br)o1. The number of carbonyl (C=O) groups excluding carboxylic acids is 2. The van der Waals surface area contributed by atoms with Crippen molar-refractivity contribution in [3.8, 4) is 0 Å². The van der Waals surface area contributed by atoms with Crippen molar-refractivity contribution >= 4 is 27.5 Å². The van der Waals surface area contributed by atoms with Crippen LogP contribution in [-0.2, 0) is 9.59 Å². The lowest BCUT2D eigenvalue weighted by atomic mass is 9.65. The molecule has 1 aromatic heterocycles. The second-order valence-corrected chi connectivity index (χ2v) is 10.1. The number of carbonyl (C=O) groups is 2. The first-order chi connectivity index (χ1) is 12.1. The fourth-order valence-electron chi connectivity index (χ4n) is 4.66. The predicted molar refractivity (Wildman–Crippen MR) is 102 cm³/mol. The number of Topliss-reactive ketones (excluding diaryl/α,β-unsaturated/α-hetero) is 2. The molecule has 4 nitrogen and oxygen atoms in total. The molecule has 3 aliphatic rings. The molecule has 0 unspecified atom stereocenters. The van der Waals surface area contributed by atoms with Crippen molar-refractivity contribution in [2.24, 2.45) is 10.8 Å². The summed E-state index contributed by atoms with van der Waals surface area (Å²) in [5.41, 5.74) is 3.21. The Bertz CT molecular complexity index is 833. The van der Waals surface area contributed by atoms with Gasteiger partial charge in [-0.15, -0.1) is 0 Å². The largest absolute Gasteiger partial charge is 0.453 e. The first-order valence-corrected chi connectivity index (χ1v) is 9.90. The van der Waals surface area contributed by atoms with Gasteiger partial charge in [0.1, 0.15) is 5.76 Å². The van der Waals surface area contributed by atoms with E-state index < -0.39 is 0 Å². The summed E-state index contributed by atoms with van der Waals surface area (Å²) >= 11 is 3.36. The van der Waals surface area contributed by atoms with E-state index in [-0.39, 0.29) is 28.3 Å². The number of nitrogens with one attached hydrogen (secondary N) is 1. The standard InChI is InChI=1S/C21H24BrNO3/c1-20(2)7-11-17(13(24)9-20)19(15-5-6-16(22)26-15)18-12(23-11)8-21(3,4)10-14(18)25/h5-6,19,23H,7-10H2,1-4H3. The second kappa shape index (κ2) is 5.69. The van der Waals surface area contributed by atoms with E-state index in [0.29, 0.717) is 23.3 Å². The number of hydrogen-bond acceptors (Lipinski definition) is 4. The zero-order valence-electron chi connectivity index (χ0n) is 15.7. The number of allylic oxidation sites excluding steroid dienone is 4. The van der Waals surface area contributed by atoms with Gasteiger partial charge in [-0.05, 0) is 51.7 Å². The highest BCUT2D eigenvalue weighted by atomic mass is 79.9. The van der Waals surface area contributed by atoms with Crippen LogP contribution < -0.4 is 5.32 Å². The molecule has 0 saturated carbocycles. The van der Waals surface area contributed by atoms with Gasteiger partial charge in [0.2, 0.25) is 0 Å². The first-order valence-electron chi connectivity index (χ1n) is 9.11. The van der Waals surface area contributed by atoms with Crippen LogP contribution in [0.15, 0.2) is 43.8 Å². The average molecular weight is 418 g/mol. The molecular formula is C21H24BrNO3. The van der Waals surface area contributed by atoms with Gasteiger partial charge >= 0.3 is 0 Å². The van der Waals surface area contributed by atoms with Gasteiger partial charge in [-0.2, -0.15) is 0 Å². The Morgan fingerprint density at radius 2 is 1.42 bits per heavy atom. The molecule has 0 atom stereocenters. The Balaban J connectivity index is 1.90. The lowest BCUT2D eigenvalue weighted by Crippen LogP contribution is -2.42. The van der Waals surface area contributed by atoms with Gasteiger partial charge in [0.05, 0.1) is 5.92 Å². The first kappa shape index (κ1) is 17.8. The van der Waals surface area contributed by atoms with E-state index in [1.165, 1.54) is 0 Å². The van der Waals surface area contributed by atoms with Gasteiger partial charge in [-0.3, -0.25) is 9.59 Å². The maximum absolute atomic E-state index is 13.1.